The van der Waals surface area contributed by atoms with E-state index in [1.54, 1.807) is 11.1 Å². The quantitative estimate of drug-likeness (QED) is 0.414. The number of carboxylic acid groups (broad SMARTS) is 1. The van der Waals surface area contributed by atoms with E-state index >= 15 is 0 Å². The zero-order chi connectivity index (χ0) is 25.1. The number of hydrogen-bond donors (Lipinski definition) is 1. The van der Waals surface area contributed by atoms with E-state index in [1.807, 2.05) is 0 Å². The SMILES string of the molecule is CC(C)=CCCC(C(=O)O)C1CCCC2(C)C3=C(CCC12C)C1(C)CCC(=O)C(C)(C)C1CC3. The lowest BCUT2D eigenvalue weighted by molar-refractivity contribution is -0.152. The number of allylic oxidation sites excluding steroid dienone is 4. The van der Waals surface area contributed by atoms with Gasteiger partial charge in [0, 0.05) is 11.8 Å². The van der Waals surface area contributed by atoms with Crippen molar-refractivity contribution in [1.82, 2.24) is 0 Å². The largest absolute Gasteiger partial charge is 0.481 e. The molecule has 34 heavy (non-hydrogen) atoms. The molecule has 0 bridgehead atoms. The second-order valence-corrected chi connectivity index (χ2v) is 13.7. The molecule has 3 heteroatoms. The van der Waals surface area contributed by atoms with E-state index in [0.717, 1.165) is 57.8 Å². The molecule has 2 saturated carbocycles. The maximum absolute atomic E-state index is 12.8. The normalized spacial score (nSPS) is 40.0. The minimum Gasteiger partial charge on any atom is -0.481 e. The molecule has 0 spiro atoms. The fourth-order valence-corrected chi connectivity index (χ4v) is 9.45. The second kappa shape index (κ2) is 8.63. The van der Waals surface area contributed by atoms with E-state index in [-0.39, 0.29) is 33.5 Å². The molecule has 6 unspecified atom stereocenters. The molecule has 2 fully saturated rings. The number of fused-ring (bicyclic) bond motifs is 4. The van der Waals surface area contributed by atoms with Crippen LogP contribution in [0.15, 0.2) is 22.8 Å². The zero-order valence-electron chi connectivity index (χ0n) is 22.9. The Morgan fingerprint density at radius 2 is 1.71 bits per heavy atom. The summed E-state index contributed by atoms with van der Waals surface area (Å²) in [5, 5.41) is 10.3. The molecule has 0 aliphatic heterocycles. The Morgan fingerprint density at radius 1 is 1.00 bits per heavy atom. The van der Waals surface area contributed by atoms with E-state index in [1.165, 1.54) is 12.0 Å². The summed E-state index contributed by atoms with van der Waals surface area (Å²) in [7, 11) is 0. The number of carboxylic acids is 1. The molecule has 0 aromatic carbocycles. The average Bonchev–Trinajstić information content (AvgIpc) is 2.74. The van der Waals surface area contributed by atoms with Crippen molar-refractivity contribution < 1.29 is 14.7 Å². The first-order chi connectivity index (χ1) is 15.8. The Morgan fingerprint density at radius 3 is 2.35 bits per heavy atom. The molecular weight excluding hydrogens is 420 g/mol. The van der Waals surface area contributed by atoms with Gasteiger partial charge in [0.1, 0.15) is 5.78 Å². The molecule has 1 N–H and O–H groups in total. The molecule has 4 rings (SSSR count). The van der Waals surface area contributed by atoms with Gasteiger partial charge in [-0.3, -0.25) is 9.59 Å². The Hall–Kier alpha value is -1.38. The van der Waals surface area contributed by atoms with Gasteiger partial charge >= 0.3 is 5.97 Å². The molecule has 0 amide bonds. The third kappa shape index (κ3) is 3.66. The zero-order valence-corrected chi connectivity index (χ0v) is 22.9. The molecule has 4 aliphatic carbocycles. The van der Waals surface area contributed by atoms with Crippen molar-refractivity contribution in [3.8, 4) is 0 Å². The maximum Gasteiger partial charge on any atom is 0.306 e. The highest BCUT2D eigenvalue weighted by Crippen LogP contribution is 2.70. The molecular formula is C31H48O3. The van der Waals surface area contributed by atoms with Crippen LogP contribution in [0.2, 0.25) is 0 Å². The van der Waals surface area contributed by atoms with Gasteiger partial charge in [0.25, 0.3) is 0 Å². The minimum absolute atomic E-state index is 0.0291. The van der Waals surface area contributed by atoms with Crippen LogP contribution in [-0.4, -0.2) is 16.9 Å². The summed E-state index contributed by atoms with van der Waals surface area (Å²) < 4.78 is 0. The number of carbonyl (C=O) groups excluding carboxylic acids is 1. The lowest BCUT2D eigenvalue weighted by atomic mass is 9.39. The van der Waals surface area contributed by atoms with E-state index in [4.69, 9.17) is 0 Å². The van der Waals surface area contributed by atoms with Crippen LogP contribution in [-0.2, 0) is 9.59 Å². The van der Waals surface area contributed by atoms with Crippen molar-refractivity contribution in [3.05, 3.63) is 22.8 Å². The van der Waals surface area contributed by atoms with Crippen molar-refractivity contribution >= 4 is 11.8 Å². The number of hydrogen-bond acceptors (Lipinski definition) is 2. The molecule has 0 aromatic rings. The lowest BCUT2D eigenvalue weighted by Gasteiger charge is -2.65. The Labute approximate surface area is 207 Å². The van der Waals surface area contributed by atoms with Crippen LogP contribution >= 0.6 is 0 Å². The van der Waals surface area contributed by atoms with Crippen molar-refractivity contribution in [2.45, 2.75) is 119 Å². The van der Waals surface area contributed by atoms with Gasteiger partial charge in [-0.05, 0) is 99.7 Å². The van der Waals surface area contributed by atoms with E-state index in [9.17, 15) is 14.7 Å². The van der Waals surface area contributed by atoms with Crippen molar-refractivity contribution in [1.29, 1.82) is 0 Å². The fraction of sp³-hybridized carbons (Fsp3) is 0.806. The van der Waals surface area contributed by atoms with Crippen molar-refractivity contribution in [2.75, 3.05) is 0 Å². The van der Waals surface area contributed by atoms with Gasteiger partial charge in [-0.15, -0.1) is 0 Å². The van der Waals surface area contributed by atoms with Crippen LogP contribution < -0.4 is 0 Å². The number of aliphatic carboxylic acids is 1. The van der Waals surface area contributed by atoms with Crippen molar-refractivity contribution in [2.24, 2.45) is 39.4 Å². The average molecular weight is 469 g/mol. The van der Waals surface area contributed by atoms with Crippen molar-refractivity contribution in [3.63, 3.8) is 0 Å². The van der Waals surface area contributed by atoms with E-state index in [0.29, 0.717) is 18.1 Å². The Balaban J connectivity index is 1.73. The van der Waals surface area contributed by atoms with Crippen LogP contribution in [0, 0.1) is 39.4 Å². The number of carbonyl (C=O) groups is 2. The highest BCUT2D eigenvalue weighted by atomic mass is 16.4. The van der Waals surface area contributed by atoms with Gasteiger partial charge in [0.15, 0.2) is 0 Å². The lowest BCUT2D eigenvalue weighted by Crippen LogP contribution is -2.57. The summed E-state index contributed by atoms with van der Waals surface area (Å²) in [5.41, 5.74) is 4.61. The van der Waals surface area contributed by atoms with Crippen LogP contribution in [0.5, 0.6) is 0 Å². The minimum atomic E-state index is -0.597. The summed E-state index contributed by atoms with van der Waals surface area (Å²) in [6, 6.07) is 0. The first-order valence-electron chi connectivity index (χ1n) is 13.9. The second-order valence-electron chi connectivity index (χ2n) is 13.7. The summed E-state index contributed by atoms with van der Waals surface area (Å²) in [5.74, 6) is 0.256. The Kier molecular flexibility index (Phi) is 6.52. The predicted molar refractivity (Wildman–Crippen MR) is 138 cm³/mol. The molecule has 0 heterocycles. The van der Waals surface area contributed by atoms with Crippen LogP contribution in [0.4, 0.5) is 0 Å². The first kappa shape index (κ1) is 25.7. The van der Waals surface area contributed by atoms with Crippen LogP contribution in [0.1, 0.15) is 119 Å². The monoisotopic (exact) mass is 468 g/mol. The summed E-state index contributed by atoms with van der Waals surface area (Å²) in [6.45, 7) is 16.0. The molecule has 0 saturated heterocycles. The van der Waals surface area contributed by atoms with Gasteiger partial charge in [-0.1, -0.05) is 63.8 Å². The Bertz CT molecular complexity index is 919. The highest BCUT2D eigenvalue weighted by Gasteiger charge is 2.62. The highest BCUT2D eigenvalue weighted by molar-refractivity contribution is 5.85. The topological polar surface area (TPSA) is 54.4 Å². The molecule has 4 aliphatic rings. The number of ketones is 1. The molecule has 0 radical (unpaired) electrons. The van der Waals surface area contributed by atoms with Gasteiger partial charge in [0.2, 0.25) is 0 Å². The third-order valence-electron chi connectivity index (χ3n) is 11.6. The predicted octanol–water partition coefficient (Wildman–Crippen LogP) is 8.14. The number of Topliss-reactive ketones (excluding diaryl/α,β-unsaturated/α-hetero) is 1. The van der Waals surface area contributed by atoms with Crippen LogP contribution in [0.25, 0.3) is 0 Å². The fourth-order valence-electron chi connectivity index (χ4n) is 9.45. The summed E-state index contributed by atoms with van der Waals surface area (Å²) >= 11 is 0. The molecule has 190 valence electrons. The van der Waals surface area contributed by atoms with Gasteiger partial charge in [-0.25, -0.2) is 0 Å². The summed E-state index contributed by atoms with van der Waals surface area (Å²) in [4.78, 5) is 25.4. The molecule has 3 nitrogen and oxygen atoms in total. The third-order valence-corrected chi connectivity index (χ3v) is 11.6. The van der Waals surface area contributed by atoms with Gasteiger partial charge < -0.3 is 5.11 Å². The van der Waals surface area contributed by atoms with Crippen LogP contribution in [0.3, 0.4) is 0 Å². The number of rotatable bonds is 5. The van der Waals surface area contributed by atoms with Gasteiger partial charge in [-0.2, -0.15) is 0 Å². The van der Waals surface area contributed by atoms with E-state index < -0.39 is 5.97 Å². The smallest absolute Gasteiger partial charge is 0.306 e. The summed E-state index contributed by atoms with van der Waals surface area (Å²) in [6.07, 6.45) is 13.3. The molecule has 6 atom stereocenters. The standard InChI is InChI=1S/C31H48O3/c1-20(2)10-8-11-21(27(33)34)22-12-9-17-30(6)24-13-14-25-28(3,4)26(32)16-18-29(25,5)23(24)15-19-31(22,30)7/h10,21-22,25H,8-9,11-19H2,1-7H3,(H,33,34). The molecule has 0 aromatic heterocycles. The van der Waals surface area contributed by atoms with Gasteiger partial charge in [0.05, 0.1) is 5.92 Å². The maximum atomic E-state index is 12.8. The first-order valence-corrected chi connectivity index (χ1v) is 13.9. The van der Waals surface area contributed by atoms with E-state index in [2.05, 4.69) is 54.5 Å².